The SMILES string of the molecule is OC(COCC(COCC(O)COCC1CO1)OCC1CO1)COCC(COCC1CO1)OCC1CO1.OC(COCC(COCC1CO1)OCC1CO1)COCC1CO1. The van der Waals surface area contributed by atoms with Crippen LogP contribution in [0.1, 0.15) is 0 Å². The molecule has 7 saturated heterocycles. The van der Waals surface area contributed by atoms with Gasteiger partial charge in [0.25, 0.3) is 0 Å². The quantitative estimate of drug-likeness (QED) is 0.0523. The first-order valence-corrected chi connectivity index (χ1v) is 21.3. The highest BCUT2D eigenvalue weighted by Crippen LogP contribution is 2.15. The van der Waals surface area contributed by atoms with Gasteiger partial charge in [0.2, 0.25) is 0 Å². The fourth-order valence-electron chi connectivity index (χ4n) is 5.13. The molecule has 0 radical (unpaired) electrons. The van der Waals surface area contributed by atoms with E-state index in [-0.39, 0.29) is 121 Å². The summed E-state index contributed by atoms with van der Waals surface area (Å²) in [6.45, 7) is 11.6. The van der Waals surface area contributed by atoms with Gasteiger partial charge < -0.3 is 101 Å². The Hall–Kier alpha value is -0.840. The Morgan fingerprint density at radius 3 is 0.700 bits per heavy atom. The summed E-state index contributed by atoms with van der Waals surface area (Å²) < 4.78 is 97.4. The number of aliphatic hydroxyl groups is 3. The van der Waals surface area contributed by atoms with E-state index in [9.17, 15) is 15.3 Å². The molecule has 60 heavy (non-hydrogen) atoms. The van der Waals surface area contributed by atoms with Crippen molar-refractivity contribution in [1.29, 1.82) is 0 Å². The molecule has 7 heterocycles. The molecule has 0 aliphatic carbocycles. The number of ether oxygens (including phenoxy) is 18. The number of rotatable bonds is 41. The highest BCUT2D eigenvalue weighted by molar-refractivity contribution is 4.74. The molecule has 0 aromatic carbocycles. The van der Waals surface area contributed by atoms with Crippen LogP contribution in [0.15, 0.2) is 0 Å². The average Bonchev–Trinajstić information content (AvgIpc) is 4.02. The van der Waals surface area contributed by atoms with Crippen molar-refractivity contribution in [2.75, 3.05) is 172 Å². The van der Waals surface area contributed by atoms with E-state index >= 15 is 0 Å². The minimum Gasteiger partial charge on any atom is -0.388 e. The van der Waals surface area contributed by atoms with Crippen molar-refractivity contribution < 1.29 is 101 Å². The zero-order chi connectivity index (χ0) is 41.6. The molecular weight excluding hydrogens is 804 g/mol. The van der Waals surface area contributed by atoms with Crippen LogP contribution in [0.4, 0.5) is 0 Å². The largest absolute Gasteiger partial charge is 0.388 e. The lowest BCUT2D eigenvalue weighted by Gasteiger charge is -2.21. The molecule has 350 valence electrons. The summed E-state index contributed by atoms with van der Waals surface area (Å²) in [5, 5.41) is 30.0. The van der Waals surface area contributed by atoms with Crippen LogP contribution in [0.2, 0.25) is 0 Å². The summed E-state index contributed by atoms with van der Waals surface area (Å²) in [6.07, 6.45) is -1.74. The first kappa shape index (κ1) is 48.6. The summed E-state index contributed by atoms with van der Waals surface area (Å²) in [6, 6.07) is 0. The van der Waals surface area contributed by atoms with Crippen LogP contribution in [-0.4, -0.2) is 266 Å². The zero-order valence-corrected chi connectivity index (χ0v) is 34.6. The molecule has 7 fully saturated rings. The second-order valence-electron chi connectivity index (χ2n) is 15.8. The van der Waals surface area contributed by atoms with Gasteiger partial charge in [-0.1, -0.05) is 0 Å². The fourth-order valence-corrected chi connectivity index (χ4v) is 5.13. The van der Waals surface area contributed by atoms with Crippen molar-refractivity contribution >= 4 is 0 Å². The first-order chi connectivity index (χ1) is 29.4. The van der Waals surface area contributed by atoms with E-state index in [4.69, 9.17) is 85.3 Å². The molecule has 13 unspecified atom stereocenters. The van der Waals surface area contributed by atoms with Crippen molar-refractivity contribution in [2.24, 2.45) is 0 Å². The Bertz CT molecular complexity index is 1090. The molecule has 0 aromatic heterocycles. The van der Waals surface area contributed by atoms with E-state index in [1.54, 1.807) is 0 Å². The van der Waals surface area contributed by atoms with Gasteiger partial charge in [-0.2, -0.15) is 0 Å². The normalized spacial score (nSPS) is 29.8. The minimum absolute atomic E-state index is 0.0798. The van der Waals surface area contributed by atoms with Crippen molar-refractivity contribution in [3.63, 3.8) is 0 Å². The van der Waals surface area contributed by atoms with Crippen LogP contribution in [0, 0.1) is 0 Å². The highest BCUT2D eigenvalue weighted by atomic mass is 16.7. The molecule has 13 atom stereocenters. The third-order valence-electron chi connectivity index (χ3n) is 9.27. The summed E-state index contributed by atoms with van der Waals surface area (Å²) in [5.41, 5.74) is 0. The lowest BCUT2D eigenvalue weighted by molar-refractivity contribution is -0.102. The standard InChI is InChI=1S/C24H42O13.C15H26O8/c25-17(2-29-7-20(33-14-24-16-37-24)8-31-10-22-12-35-22)1-27-5-19(32-13-23-15-36-23)6-28-3-18(26)4-30-9-21-11-34-21;16-11(2-18-5-13-7-21-13)1-17-3-12(20-9-15-10-23-15)4-19-6-14-8-22-14/h17-26H,1-16H2;11-16H,1-10H2. The van der Waals surface area contributed by atoms with E-state index in [0.717, 1.165) is 33.0 Å². The van der Waals surface area contributed by atoms with Gasteiger partial charge in [0.15, 0.2) is 0 Å². The molecule has 7 aliphatic heterocycles. The first-order valence-electron chi connectivity index (χ1n) is 21.3. The van der Waals surface area contributed by atoms with Gasteiger partial charge in [-0.15, -0.1) is 0 Å². The van der Waals surface area contributed by atoms with E-state index in [2.05, 4.69) is 0 Å². The van der Waals surface area contributed by atoms with Gasteiger partial charge >= 0.3 is 0 Å². The maximum atomic E-state index is 10.3. The smallest absolute Gasteiger partial charge is 0.104 e. The van der Waals surface area contributed by atoms with Gasteiger partial charge in [0.1, 0.15) is 79.4 Å². The molecule has 0 bridgehead atoms. The van der Waals surface area contributed by atoms with Crippen molar-refractivity contribution in [2.45, 2.75) is 79.4 Å². The van der Waals surface area contributed by atoms with Crippen LogP contribution in [0.5, 0.6) is 0 Å². The monoisotopic (exact) mass is 872 g/mol. The van der Waals surface area contributed by atoms with E-state index in [0.29, 0.717) is 79.3 Å². The maximum absolute atomic E-state index is 10.3. The highest BCUT2D eigenvalue weighted by Gasteiger charge is 2.29. The molecule has 21 heteroatoms. The third kappa shape index (κ3) is 26.1. The zero-order valence-electron chi connectivity index (χ0n) is 34.6. The molecule has 7 rings (SSSR count). The Morgan fingerprint density at radius 1 is 0.283 bits per heavy atom. The van der Waals surface area contributed by atoms with E-state index < -0.39 is 18.3 Å². The van der Waals surface area contributed by atoms with Crippen molar-refractivity contribution in [3.05, 3.63) is 0 Å². The Labute approximate surface area is 351 Å². The van der Waals surface area contributed by atoms with Crippen LogP contribution in [0.3, 0.4) is 0 Å². The lowest BCUT2D eigenvalue weighted by atomic mass is 10.3. The molecule has 0 amide bonds. The van der Waals surface area contributed by atoms with Gasteiger partial charge in [-0.05, 0) is 0 Å². The Morgan fingerprint density at radius 2 is 0.467 bits per heavy atom. The van der Waals surface area contributed by atoms with Crippen LogP contribution >= 0.6 is 0 Å². The topological polar surface area (TPSA) is 250 Å². The predicted octanol–water partition coefficient (Wildman–Crippen LogP) is -2.86. The Kier molecular flexibility index (Phi) is 22.8. The summed E-state index contributed by atoms with van der Waals surface area (Å²) >= 11 is 0. The summed E-state index contributed by atoms with van der Waals surface area (Å²) in [5.74, 6) is 0. The average molecular weight is 873 g/mol. The number of hydrogen-bond donors (Lipinski definition) is 3. The van der Waals surface area contributed by atoms with Crippen LogP contribution in [-0.2, 0) is 85.3 Å². The molecule has 21 nitrogen and oxygen atoms in total. The third-order valence-corrected chi connectivity index (χ3v) is 9.27. The molecule has 0 saturated carbocycles. The number of aliphatic hydroxyl groups excluding tert-OH is 3. The fraction of sp³-hybridized carbons (Fsp3) is 1.00. The van der Waals surface area contributed by atoms with Gasteiger partial charge in [-0.3, -0.25) is 0 Å². The summed E-state index contributed by atoms with van der Waals surface area (Å²) in [4.78, 5) is 0. The summed E-state index contributed by atoms with van der Waals surface area (Å²) in [7, 11) is 0. The van der Waals surface area contributed by atoms with Gasteiger partial charge in [0.05, 0.1) is 172 Å². The second kappa shape index (κ2) is 28.2. The molecule has 0 aromatic rings. The number of epoxide rings is 7. The maximum Gasteiger partial charge on any atom is 0.104 e. The van der Waals surface area contributed by atoms with Crippen molar-refractivity contribution in [1.82, 2.24) is 0 Å². The number of hydrogen-bond acceptors (Lipinski definition) is 21. The van der Waals surface area contributed by atoms with Crippen molar-refractivity contribution in [3.8, 4) is 0 Å². The Balaban J connectivity index is 0.000000224. The van der Waals surface area contributed by atoms with Crippen LogP contribution < -0.4 is 0 Å². The molecule has 7 aliphatic rings. The van der Waals surface area contributed by atoms with Crippen LogP contribution in [0.25, 0.3) is 0 Å². The van der Waals surface area contributed by atoms with Gasteiger partial charge in [-0.25, -0.2) is 0 Å². The molecule has 0 spiro atoms. The second-order valence-corrected chi connectivity index (χ2v) is 15.8. The lowest BCUT2D eigenvalue weighted by Crippen LogP contribution is -2.33. The van der Waals surface area contributed by atoms with E-state index in [1.165, 1.54) is 0 Å². The van der Waals surface area contributed by atoms with Gasteiger partial charge in [0, 0.05) is 0 Å². The molecular formula is C39H68O21. The molecule has 3 N–H and O–H groups in total. The predicted molar refractivity (Wildman–Crippen MR) is 202 cm³/mol. The van der Waals surface area contributed by atoms with E-state index in [1.807, 2.05) is 0 Å². The minimum atomic E-state index is -0.809.